The lowest BCUT2D eigenvalue weighted by molar-refractivity contribution is 0.0469. The Bertz CT molecular complexity index is 881. The van der Waals surface area contributed by atoms with E-state index in [-0.39, 0.29) is 18.1 Å². The molecule has 0 amide bonds. The predicted molar refractivity (Wildman–Crippen MR) is 92.4 cm³/mol. The standard InChI is InChI=1S/C18H16N2O3S/c1-11-8-14(12(2)24-11)17(21)10-23-18(22)16-9-15(19-20-16)13-6-4-3-5-7-13/h3-9H,10H2,1-2H3,(H,19,20). The van der Waals surface area contributed by atoms with Gasteiger partial charge in [-0.05, 0) is 26.0 Å². The fourth-order valence-electron chi connectivity index (χ4n) is 2.38. The van der Waals surface area contributed by atoms with Crippen molar-refractivity contribution in [3.63, 3.8) is 0 Å². The van der Waals surface area contributed by atoms with Gasteiger partial charge in [0.15, 0.2) is 6.61 Å². The van der Waals surface area contributed by atoms with Crippen LogP contribution in [0.3, 0.4) is 0 Å². The number of carbonyl (C=O) groups excluding carboxylic acids is 2. The van der Waals surface area contributed by atoms with E-state index in [0.29, 0.717) is 11.3 Å². The largest absolute Gasteiger partial charge is 0.453 e. The topological polar surface area (TPSA) is 72.1 Å². The number of ether oxygens (including phenoxy) is 1. The second-order valence-electron chi connectivity index (χ2n) is 5.36. The maximum atomic E-state index is 12.1. The smallest absolute Gasteiger partial charge is 0.356 e. The number of benzene rings is 1. The SMILES string of the molecule is Cc1cc(C(=O)COC(=O)c2cc(-c3ccccc3)n[nH]2)c(C)s1. The Labute approximate surface area is 143 Å². The van der Waals surface area contributed by atoms with E-state index in [1.807, 2.05) is 50.2 Å². The first kappa shape index (κ1) is 16.1. The van der Waals surface area contributed by atoms with Crippen molar-refractivity contribution in [2.75, 3.05) is 6.61 Å². The van der Waals surface area contributed by atoms with Crippen molar-refractivity contribution in [2.24, 2.45) is 0 Å². The van der Waals surface area contributed by atoms with E-state index in [9.17, 15) is 9.59 Å². The molecule has 0 aliphatic rings. The molecule has 0 bridgehead atoms. The molecule has 0 saturated carbocycles. The Hall–Kier alpha value is -2.73. The second kappa shape index (κ2) is 6.80. The molecule has 0 saturated heterocycles. The van der Waals surface area contributed by atoms with Crippen LogP contribution in [0.1, 0.15) is 30.6 Å². The minimum Gasteiger partial charge on any atom is -0.453 e. The summed E-state index contributed by atoms with van der Waals surface area (Å²) in [6.45, 7) is 3.54. The van der Waals surface area contributed by atoms with Gasteiger partial charge in [-0.25, -0.2) is 4.79 Å². The fourth-order valence-corrected chi connectivity index (χ4v) is 3.32. The third-order valence-corrected chi connectivity index (χ3v) is 4.51. The second-order valence-corrected chi connectivity index (χ2v) is 6.82. The highest BCUT2D eigenvalue weighted by atomic mass is 32.1. The third-order valence-electron chi connectivity index (χ3n) is 3.54. The number of Topliss-reactive ketones (excluding diaryl/α,β-unsaturated/α-hetero) is 1. The van der Waals surface area contributed by atoms with E-state index >= 15 is 0 Å². The predicted octanol–water partition coefficient (Wildman–Crippen LogP) is 3.79. The molecule has 0 spiro atoms. The maximum Gasteiger partial charge on any atom is 0.356 e. The zero-order chi connectivity index (χ0) is 17.1. The molecule has 0 atom stereocenters. The van der Waals surface area contributed by atoms with Gasteiger partial charge in [-0.3, -0.25) is 9.89 Å². The molecule has 0 unspecified atom stereocenters. The highest BCUT2D eigenvalue weighted by Gasteiger charge is 2.17. The Morgan fingerprint density at radius 2 is 1.92 bits per heavy atom. The zero-order valence-corrected chi connectivity index (χ0v) is 14.1. The highest BCUT2D eigenvalue weighted by molar-refractivity contribution is 7.12. The molecule has 24 heavy (non-hydrogen) atoms. The summed E-state index contributed by atoms with van der Waals surface area (Å²) in [5, 5.41) is 6.75. The lowest BCUT2D eigenvalue weighted by Gasteiger charge is -2.02. The first-order valence-electron chi connectivity index (χ1n) is 7.43. The summed E-state index contributed by atoms with van der Waals surface area (Å²) in [5.41, 5.74) is 2.38. The number of nitrogens with zero attached hydrogens (tertiary/aromatic N) is 1. The van der Waals surface area contributed by atoms with Gasteiger partial charge in [0.1, 0.15) is 5.69 Å². The van der Waals surface area contributed by atoms with Gasteiger partial charge in [0, 0.05) is 20.9 Å². The molecule has 122 valence electrons. The lowest BCUT2D eigenvalue weighted by Crippen LogP contribution is -2.14. The number of ketones is 1. The summed E-state index contributed by atoms with van der Waals surface area (Å²) in [5.74, 6) is -0.796. The van der Waals surface area contributed by atoms with Gasteiger partial charge in [0.25, 0.3) is 0 Å². The van der Waals surface area contributed by atoms with Gasteiger partial charge in [0.05, 0.1) is 5.69 Å². The number of hydrogen-bond donors (Lipinski definition) is 1. The van der Waals surface area contributed by atoms with Crippen LogP contribution in [0.5, 0.6) is 0 Å². The van der Waals surface area contributed by atoms with Crippen molar-refractivity contribution < 1.29 is 14.3 Å². The molecule has 5 nitrogen and oxygen atoms in total. The van der Waals surface area contributed by atoms with E-state index < -0.39 is 5.97 Å². The number of nitrogens with one attached hydrogen (secondary N) is 1. The van der Waals surface area contributed by atoms with Crippen molar-refractivity contribution >= 4 is 23.1 Å². The van der Waals surface area contributed by atoms with E-state index in [1.165, 1.54) is 0 Å². The van der Waals surface area contributed by atoms with E-state index in [2.05, 4.69) is 10.2 Å². The molecule has 0 fully saturated rings. The number of hydrogen-bond acceptors (Lipinski definition) is 5. The molecule has 2 heterocycles. The number of rotatable bonds is 5. The molecule has 3 aromatic rings. The molecule has 0 aliphatic heterocycles. The van der Waals surface area contributed by atoms with Crippen molar-refractivity contribution in [1.29, 1.82) is 0 Å². The van der Waals surface area contributed by atoms with Crippen molar-refractivity contribution in [3.8, 4) is 11.3 Å². The lowest BCUT2D eigenvalue weighted by atomic mass is 10.1. The average molecular weight is 340 g/mol. The van der Waals surface area contributed by atoms with Crippen molar-refractivity contribution in [1.82, 2.24) is 10.2 Å². The Balaban J connectivity index is 1.64. The quantitative estimate of drug-likeness (QED) is 0.566. The first-order chi connectivity index (χ1) is 11.5. The Morgan fingerprint density at radius 1 is 1.17 bits per heavy atom. The summed E-state index contributed by atoms with van der Waals surface area (Å²) < 4.78 is 5.10. The van der Waals surface area contributed by atoms with Gasteiger partial charge in [-0.1, -0.05) is 30.3 Å². The van der Waals surface area contributed by atoms with Gasteiger partial charge < -0.3 is 4.74 Å². The molecular formula is C18H16N2O3S. The summed E-state index contributed by atoms with van der Waals surface area (Å²) in [4.78, 5) is 26.2. The molecular weight excluding hydrogens is 324 g/mol. The number of thiophene rings is 1. The minimum absolute atomic E-state index is 0.201. The first-order valence-corrected chi connectivity index (χ1v) is 8.24. The Morgan fingerprint density at radius 3 is 2.58 bits per heavy atom. The zero-order valence-electron chi connectivity index (χ0n) is 13.3. The maximum absolute atomic E-state index is 12.1. The number of H-pyrrole nitrogens is 1. The summed E-state index contributed by atoms with van der Waals surface area (Å²) >= 11 is 1.55. The Kier molecular flexibility index (Phi) is 4.57. The number of aryl methyl sites for hydroxylation is 2. The molecule has 0 aliphatic carbocycles. The van der Waals surface area contributed by atoms with Gasteiger partial charge in [-0.2, -0.15) is 5.10 Å². The monoisotopic (exact) mass is 340 g/mol. The molecule has 0 radical (unpaired) electrons. The van der Waals surface area contributed by atoms with Crippen LogP contribution in [-0.4, -0.2) is 28.6 Å². The highest BCUT2D eigenvalue weighted by Crippen LogP contribution is 2.21. The molecule has 3 rings (SSSR count). The van der Waals surface area contributed by atoms with Crippen LogP contribution in [0.2, 0.25) is 0 Å². The van der Waals surface area contributed by atoms with Gasteiger partial charge in [-0.15, -0.1) is 11.3 Å². The van der Waals surface area contributed by atoms with Crippen molar-refractivity contribution in [2.45, 2.75) is 13.8 Å². The van der Waals surface area contributed by atoms with Gasteiger partial charge >= 0.3 is 5.97 Å². The molecule has 6 heteroatoms. The molecule has 1 N–H and O–H groups in total. The van der Waals surface area contributed by atoms with Crippen molar-refractivity contribution in [3.05, 3.63) is 63.5 Å². The van der Waals surface area contributed by atoms with Crippen LogP contribution in [0.15, 0.2) is 42.5 Å². The minimum atomic E-state index is -0.595. The average Bonchev–Trinajstić information content (AvgIpc) is 3.20. The number of aromatic amines is 1. The number of esters is 1. The van der Waals surface area contributed by atoms with Crippen LogP contribution < -0.4 is 0 Å². The number of aromatic nitrogens is 2. The van der Waals surface area contributed by atoms with E-state index in [0.717, 1.165) is 15.3 Å². The normalized spacial score (nSPS) is 10.6. The number of carbonyl (C=O) groups is 2. The van der Waals surface area contributed by atoms with Crippen LogP contribution in [0.25, 0.3) is 11.3 Å². The fraction of sp³-hybridized carbons (Fsp3) is 0.167. The summed E-state index contributed by atoms with van der Waals surface area (Å²) in [6, 6.07) is 12.9. The summed E-state index contributed by atoms with van der Waals surface area (Å²) in [7, 11) is 0. The van der Waals surface area contributed by atoms with Crippen LogP contribution >= 0.6 is 11.3 Å². The molecule has 1 aromatic carbocycles. The van der Waals surface area contributed by atoms with Crippen LogP contribution in [0.4, 0.5) is 0 Å². The van der Waals surface area contributed by atoms with Crippen LogP contribution in [0, 0.1) is 13.8 Å². The third kappa shape index (κ3) is 3.44. The molecule has 2 aromatic heterocycles. The van der Waals surface area contributed by atoms with E-state index in [4.69, 9.17) is 4.74 Å². The summed E-state index contributed by atoms with van der Waals surface area (Å²) in [6.07, 6.45) is 0. The van der Waals surface area contributed by atoms with E-state index in [1.54, 1.807) is 17.4 Å². The van der Waals surface area contributed by atoms with Crippen LogP contribution in [-0.2, 0) is 4.74 Å². The van der Waals surface area contributed by atoms with Gasteiger partial charge in [0.2, 0.25) is 5.78 Å².